The van der Waals surface area contributed by atoms with Gasteiger partial charge in [-0.3, -0.25) is 13.9 Å². The number of benzene rings is 3. The summed E-state index contributed by atoms with van der Waals surface area (Å²) in [6.07, 6.45) is 0. The van der Waals surface area contributed by atoms with E-state index in [4.69, 9.17) is 16.3 Å². The van der Waals surface area contributed by atoms with Gasteiger partial charge in [-0.15, -0.1) is 0 Å². The molecule has 220 valence electrons. The van der Waals surface area contributed by atoms with Gasteiger partial charge in [-0.25, -0.2) is 8.42 Å². The van der Waals surface area contributed by atoms with Gasteiger partial charge in [-0.2, -0.15) is 0 Å². The molecule has 0 fully saturated rings. The molecule has 0 unspecified atom stereocenters. The van der Waals surface area contributed by atoms with Gasteiger partial charge >= 0.3 is 0 Å². The van der Waals surface area contributed by atoms with Crippen molar-refractivity contribution in [1.29, 1.82) is 0 Å². The Labute approximate surface area is 248 Å². The number of sulfonamides is 1. The summed E-state index contributed by atoms with van der Waals surface area (Å²) in [5.41, 5.74) is 2.10. The molecule has 8 nitrogen and oxygen atoms in total. The van der Waals surface area contributed by atoms with E-state index in [0.29, 0.717) is 23.9 Å². The lowest BCUT2D eigenvalue weighted by Crippen LogP contribution is -2.51. The number of nitrogens with zero attached hydrogens (tertiary/aromatic N) is 2. The predicted octanol–water partition coefficient (Wildman–Crippen LogP) is 5.43. The van der Waals surface area contributed by atoms with Crippen LogP contribution in [-0.4, -0.2) is 50.9 Å². The van der Waals surface area contributed by atoms with Crippen molar-refractivity contribution in [1.82, 2.24) is 10.2 Å². The molecule has 0 aliphatic carbocycles. The maximum Gasteiger partial charge on any atom is 0.264 e. The molecule has 2 amide bonds. The molecule has 1 N–H and O–H groups in total. The van der Waals surface area contributed by atoms with Crippen molar-refractivity contribution in [2.75, 3.05) is 24.0 Å². The fraction of sp³-hybridized carbons (Fsp3) is 0.355. The molecule has 3 aromatic carbocycles. The minimum atomic E-state index is -4.19. The summed E-state index contributed by atoms with van der Waals surface area (Å²) < 4.78 is 34.4. The summed E-state index contributed by atoms with van der Waals surface area (Å²) in [5, 5.41) is 3.28. The quantitative estimate of drug-likeness (QED) is 0.283. The van der Waals surface area contributed by atoms with Crippen LogP contribution in [0.15, 0.2) is 77.7 Å². The molecule has 10 heteroatoms. The van der Waals surface area contributed by atoms with Gasteiger partial charge in [0.15, 0.2) is 0 Å². The highest BCUT2D eigenvalue weighted by Gasteiger charge is 2.32. The molecule has 0 bridgehead atoms. The van der Waals surface area contributed by atoms with Crippen LogP contribution < -0.4 is 14.4 Å². The molecule has 0 saturated carbocycles. The van der Waals surface area contributed by atoms with E-state index in [0.717, 1.165) is 15.4 Å². The number of hydrogen-bond acceptors (Lipinski definition) is 5. The van der Waals surface area contributed by atoms with E-state index in [1.165, 1.54) is 29.2 Å². The minimum absolute atomic E-state index is 0.0169. The Morgan fingerprint density at radius 3 is 2.17 bits per heavy atom. The summed E-state index contributed by atoms with van der Waals surface area (Å²) in [6, 6.07) is 19.0. The van der Waals surface area contributed by atoms with Crippen molar-refractivity contribution in [3.05, 3.63) is 88.9 Å². The summed E-state index contributed by atoms with van der Waals surface area (Å²) >= 11 is 6.01. The van der Waals surface area contributed by atoms with Gasteiger partial charge in [0.1, 0.15) is 18.3 Å². The lowest BCUT2D eigenvalue weighted by molar-refractivity contribution is -0.139. The van der Waals surface area contributed by atoms with Crippen LogP contribution >= 0.6 is 11.6 Å². The molecule has 0 aliphatic heterocycles. The molecule has 0 spiro atoms. The standard InChI is InChI=1S/C31H38ClN3O5S/c1-6-40-28-15-13-27(14-16-28)35(41(38,39)29-17-11-26(32)12-18-29)21-30(36)34(20-25-10-8-7-9-23(25)4)24(5)31(37)33-19-22(2)3/h7-18,22,24H,6,19-21H2,1-5H3,(H,33,37)/t24-/m0/s1. The molecule has 3 aromatic rings. The zero-order valence-corrected chi connectivity index (χ0v) is 25.7. The zero-order valence-electron chi connectivity index (χ0n) is 24.1. The molecule has 3 rings (SSSR count). The van der Waals surface area contributed by atoms with Crippen molar-refractivity contribution >= 4 is 39.1 Å². The van der Waals surface area contributed by atoms with Crippen molar-refractivity contribution < 1.29 is 22.7 Å². The first-order chi connectivity index (χ1) is 19.4. The number of carbonyl (C=O) groups is 2. The molecular weight excluding hydrogens is 562 g/mol. The Balaban J connectivity index is 2.03. The van der Waals surface area contributed by atoms with E-state index in [1.807, 2.05) is 52.0 Å². The van der Waals surface area contributed by atoms with Crippen LogP contribution in [0.3, 0.4) is 0 Å². The van der Waals surface area contributed by atoms with Crippen LogP contribution in [0.4, 0.5) is 5.69 Å². The van der Waals surface area contributed by atoms with Gasteiger partial charge in [0.05, 0.1) is 17.2 Å². The molecular formula is C31H38ClN3O5S. The van der Waals surface area contributed by atoms with E-state index in [2.05, 4.69) is 5.32 Å². The van der Waals surface area contributed by atoms with Crippen LogP contribution in [0.25, 0.3) is 0 Å². The molecule has 0 radical (unpaired) electrons. The van der Waals surface area contributed by atoms with Gasteiger partial charge in [-0.05, 0) is 86.3 Å². The van der Waals surface area contributed by atoms with Crippen molar-refractivity contribution in [3.8, 4) is 5.75 Å². The van der Waals surface area contributed by atoms with Crippen LogP contribution in [-0.2, 0) is 26.2 Å². The lowest BCUT2D eigenvalue weighted by Gasteiger charge is -2.32. The lowest BCUT2D eigenvalue weighted by atomic mass is 10.1. The minimum Gasteiger partial charge on any atom is -0.494 e. The predicted molar refractivity (Wildman–Crippen MR) is 163 cm³/mol. The van der Waals surface area contributed by atoms with Gasteiger partial charge in [0.2, 0.25) is 11.8 Å². The number of aryl methyl sites for hydroxylation is 1. The second-order valence-corrected chi connectivity index (χ2v) is 12.5. The molecule has 0 aromatic heterocycles. The van der Waals surface area contributed by atoms with Crippen LogP contribution in [0.1, 0.15) is 38.8 Å². The van der Waals surface area contributed by atoms with Gasteiger partial charge in [0.25, 0.3) is 10.0 Å². The van der Waals surface area contributed by atoms with E-state index in [-0.39, 0.29) is 29.0 Å². The Bertz CT molecular complexity index is 1430. The summed E-state index contributed by atoms with van der Waals surface area (Å²) in [7, 11) is -4.19. The SMILES string of the molecule is CCOc1ccc(N(CC(=O)N(Cc2ccccc2C)[C@@H](C)C(=O)NCC(C)C)S(=O)(=O)c2ccc(Cl)cc2)cc1. The van der Waals surface area contributed by atoms with Crippen molar-refractivity contribution in [3.63, 3.8) is 0 Å². The third-order valence-corrected chi connectivity index (χ3v) is 8.61. The Morgan fingerprint density at radius 1 is 0.951 bits per heavy atom. The third-order valence-electron chi connectivity index (χ3n) is 6.57. The first-order valence-electron chi connectivity index (χ1n) is 13.6. The smallest absolute Gasteiger partial charge is 0.264 e. The highest BCUT2D eigenvalue weighted by Crippen LogP contribution is 2.27. The number of halogens is 1. The molecule has 0 saturated heterocycles. The zero-order chi connectivity index (χ0) is 30.2. The summed E-state index contributed by atoms with van der Waals surface area (Å²) in [4.78, 5) is 28.5. The third kappa shape index (κ3) is 8.47. The van der Waals surface area contributed by atoms with Gasteiger partial charge < -0.3 is 15.0 Å². The first kappa shape index (κ1) is 32.0. The molecule has 1 atom stereocenters. The number of rotatable bonds is 13. The maximum absolute atomic E-state index is 14.0. The number of carbonyl (C=O) groups excluding carboxylic acids is 2. The second-order valence-electron chi connectivity index (χ2n) is 10.2. The average Bonchev–Trinajstić information content (AvgIpc) is 2.94. The fourth-order valence-electron chi connectivity index (χ4n) is 4.14. The van der Waals surface area contributed by atoms with E-state index in [9.17, 15) is 18.0 Å². The highest BCUT2D eigenvalue weighted by atomic mass is 35.5. The van der Waals surface area contributed by atoms with Crippen LogP contribution in [0.2, 0.25) is 5.02 Å². The number of anilines is 1. The Kier molecular flexibility index (Phi) is 11.2. The van der Waals surface area contributed by atoms with Crippen molar-refractivity contribution in [2.24, 2.45) is 5.92 Å². The Hall–Kier alpha value is -3.56. The van der Waals surface area contributed by atoms with Crippen molar-refractivity contribution in [2.45, 2.75) is 52.1 Å². The number of nitrogens with one attached hydrogen (secondary N) is 1. The monoisotopic (exact) mass is 599 g/mol. The first-order valence-corrected chi connectivity index (χ1v) is 15.4. The second kappa shape index (κ2) is 14.4. The largest absolute Gasteiger partial charge is 0.494 e. The van der Waals surface area contributed by atoms with E-state index in [1.54, 1.807) is 31.2 Å². The van der Waals surface area contributed by atoms with Crippen LogP contribution in [0, 0.1) is 12.8 Å². The fourth-order valence-corrected chi connectivity index (χ4v) is 5.68. The Morgan fingerprint density at radius 2 is 1.59 bits per heavy atom. The van der Waals surface area contributed by atoms with E-state index < -0.39 is 28.5 Å². The topological polar surface area (TPSA) is 96.0 Å². The summed E-state index contributed by atoms with van der Waals surface area (Å²) in [6.45, 7) is 9.93. The number of amides is 2. The molecule has 0 heterocycles. The molecule has 0 aliphatic rings. The molecule has 41 heavy (non-hydrogen) atoms. The normalized spacial score (nSPS) is 12.1. The average molecular weight is 600 g/mol. The van der Waals surface area contributed by atoms with E-state index >= 15 is 0 Å². The van der Waals surface area contributed by atoms with Crippen LogP contribution in [0.5, 0.6) is 5.75 Å². The highest BCUT2D eigenvalue weighted by molar-refractivity contribution is 7.92. The maximum atomic E-state index is 14.0. The number of ether oxygens (including phenoxy) is 1. The summed E-state index contributed by atoms with van der Waals surface area (Å²) in [5.74, 6) is -0.0323. The van der Waals surface area contributed by atoms with Gasteiger partial charge in [-0.1, -0.05) is 49.7 Å². The number of hydrogen-bond donors (Lipinski definition) is 1. The van der Waals surface area contributed by atoms with Gasteiger partial charge in [0, 0.05) is 18.1 Å².